The summed E-state index contributed by atoms with van der Waals surface area (Å²) in [5.74, 6) is -0.756. The van der Waals surface area contributed by atoms with Crippen molar-refractivity contribution in [1.82, 2.24) is 0 Å². The average Bonchev–Trinajstić information content (AvgIpc) is 2.94. The molecule has 2 aromatic rings. The van der Waals surface area contributed by atoms with Crippen LogP contribution in [-0.4, -0.2) is 11.8 Å². The summed E-state index contributed by atoms with van der Waals surface area (Å²) < 4.78 is 0. The van der Waals surface area contributed by atoms with Gasteiger partial charge in [0.05, 0.1) is 11.5 Å². The van der Waals surface area contributed by atoms with Gasteiger partial charge in [-0.3, -0.25) is 9.59 Å². The highest BCUT2D eigenvalue weighted by Crippen LogP contribution is 2.38. The predicted molar refractivity (Wildman–Crippen MR) is 97.6 cm³/mol. The Labute approximate surface area is 146 Å². The number of rotatable bonds is 5. The number of nitrogens with one attached hydrogen (secondary N) is 1. The summed E-state index contributed by atoms with van der Waals surface area (Å²) in [6.07, 6.45) is 4.73. The predicted octanol–water partition coefficient (Wildman–Crippen LogP) is 3.86. The van der Waals surface area contributed by atoms with E-state index in [1.807, 2.05) is 37.3 Å². The van der Waals surface area contributed by atoms with Crippen LogP contribution in [0.3, 0.4) is 0 Å². The van der Waals surface area contributed by atoms with Gasteiger partial charge in [0.15, 0.2) is 0 Å². The molecule has 0 bridgehead atoms. The van der Waals surface area contributed by atoms with Gasteiger partial charge in [0.2, 0.25) is 5.91 Å². The lowest BCUT2D eigenvalue weighted by Gasteiger charge is -2.15. The van der Waals surface area contributed by atoms with Crippen molar-refractivity contribution >= 4 is 28.2 Å². The summed E-state index contributed by atoms with van der Waals surface area (Å²) in [7, 11) is 0. The zero-order chi connectivity index (χ0) is 17.1. The van der Waals surface area contributed by atoms with E-state index in [0.717, 1.165) is 36.8 Å². The normalized spacial score (nSPS) is 14.7. The minimum absolute atomic E-state index is 0.0789. The van der Waals surface area contributed by atoms with Crippen LogP contribution in [0.15, 0.2) is 30.3 Å². The van der Waals surface area contributed by atoms with Crippen molar-refractivity contribution in [3.8, 4) is 0 Å². The van der Waals surface area contributed by atoms with Crippen molar-refractivity contribution in [2.75, 3.05) is 5.32 Å². The van der Waals surface area contributed by atoms with E-state index in [4.69, 9.17) is 5.73 Å². The highest BCUT2D eigenvalue weighted by molar-refractivity contribution is 7.17. The SMILES string of the molecule is CC[C@H](C(=O)Nc1sc2c(c1C(N)=O)CCCC2)c1ccccc1. The Kier molecular flexibility index (Phi) is 5.00. The van der Waals surface area contributed by atoms with E-state index in [1.165, 1.54) is 16.2 Å². The smallest absolute Gasteiger partial charge is 0.251 e. The summed E-state index contributed by atoms with van der Waals surface area (Å²) in [5, 5.41) is 3.60. The number of amides is 2. The molecule has 3 N–H and O–H groups in total. The third-order valence-electron chi connectivity index (χ3n) is 4.58. The molecule has 0 saturated heterocycles. The number of fused-ring (bicyclic) bond motifs is 1. The van der Waals surface area contributed by atoms with Crippen molar-refractivity contribution < 1.29 is 9.59 Å². The van der Waals surface area contributed by atoms with Crippen LogP contribution in [-0.2, 0) is 17.6 Å². The molecular formula is C19H22N2O2S. The van der Waals surface area contributed by atoms with Gasteiger partial charge in [-0.05, 0) is 43.2 Å². The molecule has 1 aromatic carbocycles. The van der Waals surface area contributed by atoms with Crippen LogP contribution in [0.2, 0.25) is 0 Å². The van der Waals surface area contributed by atoms with Crippen molar-refractivity contribution in [3.05, 3.63) is 51.9 Å². The molecule has 1 atom stereocenters. The molecule has 1 heterocycles. The van der Waals surface area contributed by atoms with Crippen LogP contribution in [0.4, 0.5) is 5.00 Å². The van der Waals surface area contributed by atoms with Gasteiger partial charge < -0.3 is 11.1 Å². The molecule has 126 valence electrons. The molecule has 2 amide bonds. The number of thiophene rings is 1. The number of nitrogens with two attached hydrogens (primary N) is 1. The van der Waals surface area contributed by atoms with Gasteiger partial charge in [-0.1, -0.05) is 37.3 Å². The van der Waals surface area contributed by atoms with Crippen molar-refractivity contribution in [3.63, 3.8) is 0 Å². The highest BCUT2D eigenvalue weighted by atomic mass is 32.1. The second-order valence-electron chi connectivity index (χ2n) is 6.14. The summed E-state index contributed by atoms with van der Waals surface area (Å²) in [6.45, 7) is 1.99. The number of hydrogen-bond acceptors (Lipinski definition) is 3. The molecule has 1 aliphatic rings. The van der Waals surface area contributed by atoms with Gasteiger partial charge in [-0.2, -0.15) is 0 Å². The lowest BCUT2D eigenvalue weighted by Crippen LogP contribution is -2.22. The minimum atomic E-state index is -0.447. The fraction of sp³-hybridized carbons (Fsp3) is 0.368. The Bertz CT molecular complexity index is 752. The molecule has 0 spiro atoms. The number of primary amides is 1. The van der Waals surface area contributed by atoms with Crippen molar-refractivity contribution in [1.29, 1.82) is 0 Å². The van der Waals surface area contributed by atoms with E-state index in [2.05, 4.69) is 5.32 Å². The first kappa shape index (κ1) is 16.7. The van der Waals surface area contributed by atoms with E-state index >= 15 is 0 Å². The van der Waals surface area contributed by atoms with Gasteiger partial charge in [0, 0.05) is 4.88 Å². The summed E-state index contributed by atoms with van der Waals surface area (Å²) in [6, 6.07) is 9.73. The van der Waals surface area contributed by atoms with Crippen molar-refractivity contribution in [2.24, 2.45) is 5.73 Å². The molecule has 0 saturated carbocycles. The first-order valence-electron chi connectivity index (χ1n) is 8.42. The molecule has 1 aliphatic carbocycles. The second kappa shape index (κ2) is 7.18. The summed E-state index contributed by atoms with van der Waals surface area (Å²) in [4.78, 5) is 25.9. The fourth-order valence-corrected chi connectivity index (χ4v) is 4.67. The third kappa shape index (κ3) is 3.22. The Hall–Kier alpha value is -2.14. The fourth-order valence-electron chi connectivity index (χ4n) is 3.37. The van der Waals surface area contributed by atoms with Crippen LogP contribution in [0.25, 0.3) is 0 Å². The zero-order valence-electron chi connectivity index (χ0n) is 13.8. The molecule has 0 fully saturated rings. The number of carbonyl (C=O) groups is 2. The van der Waals surface area contributed by atoms with E-state index < -0.39 is 5.91 Å². The maximum atomic E-state index is 12.8. The van der Waals surface area contributed by atoms with Crippen molar-refractivity contribution in [2.45, 2.75) is 44.9 Å². The van der Waals surface area contributed by atoms with Crippen LogP contribution >= 0.6 is 11.3 Å². The van der Waals surface area contributed by atoms with Gasteiger partial charge in [0.25, 0.3) is 5.91 Å². The largest absolute Gasteiger partial charge is 0.365 e. The molecule has 5 heteroatoms. The monoisotopic (exact) mass is 342 g/mol. The standard InChI is InChI=1S/C19H22N2O2S/c1-2-13(12-8-4-3-5-9-12)18(23)21-19-16(17(20)22)14-10-6-7-11-15(14)24-19/h3-5,8-9,13H,2,6-7,10-11H2,1H3,(H2,20,22)(H,21,23)/t13-/m0/s1. The average molecular weight is 342 g/mol. The molecule has 24 heavy (non-hydrogen) atoms. The number of anilines is 1. The molecule has 1 aromatic heterocycles. The topological polar surface area (TPSA) is 72.2 Å². The molecule has 3 rings (SSSR count). The van der Waals surface area contributed by atoms with Gasteiger partial charge in [0.1, 0.15) is 5.00 Å². The van der Waals surface area contributed by atoms with Crippen LogP contribution < -0.4 is 11.1 Å². The highest BCUT2D eigenvalue weighted by Gasteiger charge is 2.27. The second-order valence-corrected chi connectivity index (χ2v) is 7.25. The summed E-state index contributed by atoms with van der Waals surface area (Å²) in [5.41, 5.74) is 8.14. The van der Waals surface area contributed by atoms with Crippen LogP contribution in [0, 0.1) is 0 Å². The van der Waals surface area contributed by atoms with E-state index in [1.54, 1.807) is 0 Å². The molecule has 4 nitrogen and oxygen atoms in total. The van der Waals surface area contributed by atoms with Gasteiger partial charge >= 0.3 is 0 Å². The Morgan fingerprint density at radius 3 is 2.58 bits per heavy atom. The number of aryl methyl sites for hydroxylation is 1. The molecular weight excluding hydrogens is 320 g/mol. The quantitative estimate of drug-likeness (QED) is 0.866. The lowest BCUT2D eigenvalue weighted by atomic mass is 9.94. The number of benzene rings is 1. The third-order valence-corrected chi connectivity index (χ3v) is 5.79. The first-order chi connectivity index (χ1) is 11.6. The van der Waals surface area contributed by atoms with E-state index in [-0.39, 0.29) is 11.8 Å². The van der Waals surface area contributed by atoms with Gasteiger partial charge in [-0.15, -0.1) is 11.3 Å². The number of hydrogen-bond donors (Lipinski definition) is 2. The summed E-state index contributed by atoms with van der Waals surface area (Å²) >= 11 is 1.51. The molecule has 0 unspecified atom stereocenters. The Morgan fingerprint density at radius 2 is 1.92 bits per heavy atom. The minimum Gasteiger partial charge on any atom is -0.365 e. The Morgan fingerprint density at radius 1 is 1.21 bits per heavy atom. The van der Waals surface area contributed by atoms with E-state index in [9.17, 15) is 9.59 Å². The Balaban J connectivity index is 1.89. The molecule has 0 radical (unpaired) electrons. The van der Waals surface area contributed by atoms with E-state index in [0.29, 0.717) is 17.0 Å². The van der Waals surface area contributed by atoms with Crippen LogP contribution in [0.1, 0.15) is 58.5 Å². The van der Waals surface area contributed by atoms with Crippen LogP contribution in [0.5, 0.6) is 0 Å². The maximum Gasteiger partial charge on any atom is 0.251 e. The number of carbonyl (C=O) groups excluding carboxylic acids is 2. The lowest BCUT2D eigenvalue weighted by molar-refractivity contribution is -0.117. The van der Waals surface area contributed by atoms with Gasteiger partial charge in [-0.25, -0.2) is 0 Å². The molecule has 0 aliphatic heterocycles. The maximum absolute atomic E-state index is 12.8. The first-order valence-corrected chi connectivity index (χ1v) is 9.23. The zero-order valence-corrected chi connectivity index (χ0v) is 14.6.